The summed E-state index contributed by atoms with van der Waals surface area (Å²) in [5.41, 5.74) is -0.901. The maximum absolute atomic E-state index is 11.6. The lowest BCUT2D eigenvalue weighted by Crippen LogP contribution is -2.41. The molecule has 10 nitrogen and oxygen atoms in total. The van der Waals surface area contributed by atoms with Gasteiger partial charge in [-0.25, -0.2) is 4.79 Å². The van der Waals surface area contributed by atoms with Gasteiger partial charge in [-0.1, -0.05) is 0 Å². The smallest absolute Gasteiger partial charge is 0.382 e. The molecular weight excluding hydrogens is 352 g/mol. The van der Waals surface area contributed by atoms with Crippen LogP contribution in [0.15, 0.2) is 30.3 Å². The molecule has 0 aliphatic carbocycles. The van der Waals surface area contributed by atoms with Gasteiger partial charge in [-0.3, -0.25) is 4.79 Å². The van der Waals surface area contributed by atoms with Gasteiger partial charge in [-0.05, 0) is 18.2 Å². The minimum Gasteiger partial charge on any atom is -0.508 e. The number of phenols is 4. The van der Waals surface area contributed by atoms with Crippen LogP contribution in [-0.4, -0.2) is 47.7 Å². The fourth-order valence-corrected chi connectivity index (χ4v) is 2.16. The number of aliphatic carboxylic acids is 2. The molecule has 7 N–H and O–H groups in total. The Kier molecular flexibility index (Phi) is 4.80. The summed E-state index contributed by atoms with van der Waals surface area (Å²) in [5.74, 6) is -9.65. The molecule has 0 aliphatic heterocycles. The van der Waals surface area contributed by atoms with Crippen LogP contribution in [0.3, 0.4) is 0 Å². The van der Waals surface area contributed by atoms with Gasteiger partial charge in [0.15, 0.2) is 11.5 Å². The normalized spacial score (nSPS) is 13.0. The molecular formula is C16H14O10. The summed E-state index contributed by atoms with van der Waals surface area (Å²) in [4.78, 5) is 22.5. The summed E-state index contributed by atoms with van der Waals surface area (Å²) in [6.45, 7) is 0. The number of carboxylic acid groups (broad SMARTS) is 2. The van der Waals surface area contributed by atoms with E-state index in [1.165, 1.54) is 0 Å². The van der Waals surface area contributed by atoms with Gasteiger partial charge in [0.05, 0.1) is 6.42 Å². The quantitative estimate of drug-likeness (QED) is 0.279. The second-order valence-corrected chi connectivity index (χ2v) is 5.27. The van der Waals surface area contributed by atoms with E-state index in [0.29, 0.717) is 0 Å². The van der Waals surface area contributed by atoms with Gasteiger partial charge in [0.1, 0.15) is 17.2 Å². The van der Waals surface area contributed by atoms with E-state index in [1.54, 1.807) is 0 Å². The van der Waals surface area contributed by atoms with Crippen molar-refractivity contribution < 1.29 is 50.1 Å². The van der Waals surface area contributed by atoms with Crippen molar-refractivity contribution in [3.05, 3.63) is 41.5 Å². The number of ether oxygens (including phenoxy) is 1. The van der Waals surface area contributed by atoms with E-state index in [2.05, 4.69) is 0 Å². The number of benzene rings is 2. The topological polar surface area (TPSA) is 185 Å². The number of phenolic OH excluding ortho intramolecular Hbond substituents is 4. The molecule has 1 atom stereocenters. The summed E-state index contributed by atoms with van der Waals surface area (Å²) >= 11 is 0. The first-order valence-corrected chi connectivity index (χ1v) is 6.98. The molecule has 0 amide bonds. The highest BCUT2D eigenvalue weighted by Gasteiger charge is 2.42. The van der Waals surface area contributed by atoms with Gasteiger partial charge in [0.2, 0.25) is 0 Å². The van der Waals surface area contributed by atoms with E-state index in [4.69, 9.17) is 9.84 Å². The van der Waals surface area contributed by atoms with Crippen LogP contribution in [0.5, 0.6) is 28.7 Å². The molecule has 0 bridgehead atoms. The van der Waals surface area contributed by atoms with E-state index in [0.717, 1.165) is 30.3 Å². The average Bonchev–Trinajstić information content (AvgIpc) is 2.52. The first-order chi connectivity index (χ1) is 12.0. The van der Waals surface area contributed by atoms with Crippen molar-refractivity contribution in [2.24, 2.45) is 0 Å². The highest BCUT2D eigenvalue weighted by Crippen LogP contribution is 2.38. The first-order valence-electron chi connectivity index (χ1n) is 6.98. The fourth-order valence-electron chi connectivity index (χ4n) is 2.16. The molecule has 138 valence electrons. The number of hydrogen-bond donors (Lipinski definition) is 7. The molecule has 0 fully saturated rings. The fraction of sp³-hybridized carbons (Fsp3) is 0.125. The molecule has 1 unspecified atom stereocenters. The minimum atomic E-state index is -3.13. The van der Waals surface area contributed by atoms with Crippen LogP contribution < -0.4 is 4.74 Å². The Hall–Kier alpha value is -3.66. The Morgan fingerprint density at radius 3 is 2.12 bits per heavy atom. The SMILES string of the molecule is O=C(O)Cc1c(O)cc(O)cc1OC(O)(C(=O)O)c1ccc(O)c(O)c1. The Morgan fingerprint density at radius 2 is 1.58 bits per heavy atom. The molecule has 2 aromatic carbocycles. The van der Waals surface area contributed by atoms with E-state index < -0.39 is 64.0 Å². The van der Waals surface area contributed by atoms with Gasteiger partial charge >= 0.3 is 17.7 Å². The number of carbonyl (C=O) groups is 2. The van der Waals surface area contributed by atoms with E-state index in [9.17, 15) is 40.2 Å². The van der Waals surface area contributed by atoms with Gasteiger partial charge in [0.25, 0.3) is 0 Å². The van der Waals surface area contributed by atoms with E-state index in [1.807, 2.05) is 0 Å². The zero-order chi connectivity index (χ0) is 19.6. The molecule has 0 aliphatic rings. The van der Waals surface area contributed by atoms with Crippen LogP contribution in [0, 0.1) is 0 Å². The molecule has 0 radical (unpaired) electrons. The highest BCUT2D eigenvalue weighted by molar-refractivity contribution is 5.79. The van der Waals surface area contributed by atoms with Gasteiger partial charge in [-0.2, -0.15) is 0 Å². The van der Waals surface area contributed by atoms with Crippen LogP contribution in [0.1, 0.15) is 11.1 Å². The molecule has 0 saturated carbocycles. The predicted molar refractivity (Wildman–Crippen MR) is 83.0 cm³/mol. The second-order valence-electron chi connectivity index (χ2n) is 5.27. The molecule has 0 saturated heterocycles. The van der Waals surface area contributed by atoms with Crippen molar-refractivity contribution in [3.8, 4) is 28.7 Å². The van der Waals surface area contributed by atoms with Crippen LogP contribution in [0.4, 0.5) is 0 Å². The van der Waals surface area contributed by atoms with E-state index in [-0.39, 0.29) is 0 Å². The second kappa shape index (κ2) is 6.69. The number of hydrogen-bond acceptors (Lipinski definition) is 8. The third kappa shape index (κ3) is 3.54. The van der Waals surface area contributed by atoms with Crippen LogP contribution in [0.2, 0.25) is 0 Å². The number of aromatic hydroxyl groups is 4. The van der Waals surface area contributed by atoms with Crippen molar-refractivity contribution in [3.63, 3.8) is 0 Å². The lowest BCUT2D eigenvalue weighted by molar-refractivity contribution is -0.198. The lowest BCUT2D eigenvalue weighted by Gasteiger charge is -2.26. The molecule has 0 aromatic heterocycles. The number of aliphatic hydroxyl groups is 1. The van der Waals surface area contributed by atoms with Crippen molar-refractivity contribution in [1.82, 2.24) is 0 Å². The van der Waals surface area contributed by atoms with Gasteiger partial charge in [-0.15, -0.1) is 0 Å². The maximum Gasteiger partial charge on any atom is 0.382 e. The Morgan fingerprint density at radius 1 is 0.923 bits per heavy atom. The molecule has 2 aromatic rings. The van der Waals surface area contributed by atoms with Crippen molar-refractivity contribution >= 4 is 11.9 Å². The first kappa shape index (κ1) is 18.7. The van der Waals surface area contributed by atoms with Gasteiger partial charge < -0.3 is 40.5 Å². The summed E-state index contributed by atoms with van der Waals surface area (Å²) in [6.07, 6.45) is -0.794. The number of carboxylic acids is 2. The zero-order valence-corrected chi connectivity index (χ0v) is 12.9. The standard InChI is InChI=1S/C16H14O10/c17-8-4-11(19)9(6-14(21)22)13(5-8)26-16(25,15(23)24)7-1-2-10(18)12(20)3-7/h1-5,17-20,25H,6H2,(H,21,22)(H,23,24). The van der Waals surface area contributed by atoms with Gasteiger partial charge in [0, 0.05) is 23.3 Å². The summed E-state index contributed by atoms with van der Waals surface area (Å²) in [7, 11) is 0. The highest BCUT2D eigenvalue weighted by atomic mass is 16.6. The van der Waals surface area contributed by atoms with E-state index >= 15 is 0 Å². The van der Waals surface area contributed by atoms with Crippen molar-refractivity contribution in [2.45, 2.75) is 12.2 Å². The minimum absolute atomic E-state index is 0.391. The molecule has 2 rings (SSSR count). The predicted octanol–water partition coefficient (Wildman–Crippen LogP) is 0.445. The molecule has 26 heavy (non-hydrogen) atoms. The summed E-state index contributed by atoms with van der Waals surface area (Å²) in [6, 6.07) is 4.20. The summed E-state index contributed by atoms with van der Waals surface area (Å²) in [5, 5.41) is 66.9. The molecule has 0 heterocycles. The van der Waals surface area contributed by atoms with Crippen molar-refractivity contribution in [1.29, 1.82) is 0 Å². The number of rotatable bonds is 6. The van der Waals surface area contributed by atoms with Crippen molar-refractivity contribution in [2.75, 3.05) is 0 Å². The third-order valence-electron chi connectivity index (χ3n) is 3.41. The summed E-state index contributed by atoms with van der Waals surface area (Å²) < 4.78 is 5.02. The monoisotopic (exact) mass is 366 g/mol. The third-order valence-corrected chi connectivity index (χ3v) is 3.41. The maximum atomic E-state index is 11.6. The Balaban J connectivity index is 2.59. The average molecular weight is 366 g/mol. The lowest BCUT2D eigenvalue weighted by atomic mass is 10.0. The van der Waals surface area contributed by atoms with Crippen LogP contribution >= 0.6 is 0 Å². The molecule has 0 spiro atoms. The van der Waals surface area contributed by atoms with Crippen LogP contribution in [-0.2, 0) is 21.8 Å². The largest absolute Gasteiger partial charge is 0.508 e. The Bertz CT molecular complexity index is 876. The molecule has 10 heteroatoms. The van der Waals surface area contributed by atoms with Crippen LogP contribution in [0.25, 0.3) is 0 Å². The zero-order valence-electron chi connectivity index (χ0n) is 12.9. The Labute approximate surface area is 145 Å².